The molecule has 1 heteroatoms. The molecule has 0 amide bonds. The van der Waals surface area contributed by atoms with Crippen molar-refractivity contribution in [1.29, 1.82) is 0 Å². The molecule has 1 aliphatic rings. The van der Waals surface area contributed by atoms with Crippen LogP contribution in [-0.2, 0) is 4.74 Å². The molecule has 1 saturated carbocycles. The largest absolute Gasteiger partial charge is 0.378 e. The molecule has 1 aliphatic carbocycles. The van der Waals surface area contributed by atoms with Crippen molar-refractivity contribution in [3.8, 4) is 0 Å². The van der Waals surface area contributed by atoms with Crippen LogP contribution in [0.15, 0.2) is 11.6 Å². The summed E-state index contributed by atoms with van der Waals surface area (Å²) in [4.78, 5) is 0. The topological polar surface area (TPSA) is 9.23 Å². The average molecular weight is 140 g/mol. The van der Waals surface area contributed by atoms with E-state index >= 15 is 0 Å². The Hall–Kier alpha value is -0.300. The standard InChI is InChI=1S/C9H16O/c1-4-10-9-6-8(9)5-7(2)3/h5,8-9H,4,6H2,1-3H3/t8-,9-/m0/s1. The highest BCUT2D eigenvalue weighted by molar-refractivity contribution is 5.08. The summed E-state index contributed by atoms with van der Waals surface area (Å²) in [6.07, 6.45) is 4.08. The van der Waals surface area contributed by atoms with Crippen molar-refractivity contribution >= 4 is 0 Å². The van der Waals surface area contributed by atoms with E-state index in [9.17, 15) is 0 Å². The molecule has 0 spiro atoms. The lowest BCUT2D eigenvalue weighted by molar-refractivity contribution is 0.126. The third kappa shape index (κ3) is 2.14. The number of rotatable bonds is 3. The van der Waals surface area contributed by atoms with Gasteiger partial charge in [-0.1, -0.05) is 11.6 Å². The summed E-state index contributed by atoms with van der Waals surface area (Å²) in [5, 5.41) is 0. The first-order valence-corrected chi connectivity index (χ1v) is 4.00. The quantitative estimate of drug-likeness (QED) is 0.547. The zero-order chi connectivity index (χ0) is 7.56. The third-order valence-electron chi connectivity index (χ3n) is 1.71. The van der Waals surface area contributed by atoms with Crippen LogP contribution >= 0.6 is 0 Å². The molecule has 0 saturated heterocycles. The molecule has 0 heterocycles. The molecular weight excluding hydrogens is 124 g/mol. The summed E-state index contributed by atoms with van der Waals surface area (Å²) < 4.78 is 5.42. The van der Waals surface area contributed by atoms with Crippen LogP contribution in [0.4, 0.5) is 0 Å². The Bertz CT molecular complexity index is 134. The van der Waals surface area contributed by atoms with Gasteiger partial charge in [0.05, 0.1) is 6.10 Å². The van der Waals surface area contributed by atoms with Gasteiger partial charge in [0.15, 0.2) is 0 Å². The van der Waals surface area contributed by atoms with E-state index in [-0.39, 0.29) is 0 Å². The molecule has 1 fully saturated rings. The predicted molar refractivity (Wildman–Crippen MR) is 43.0 cm³/mol. The molecule has 0 bridgehead atoms. The first-order valence-electron chi connectivity index (χ1n) is 4.00. The average Bonchev–Trinajstić information content (AvgIpc) is 2.47. The Morgan fingerprint density at radius 1 is 1.60 bits per heavy atom. The van der Waals surface area contributed by atoms with Gasteiger partial charge in [-0.25, -0.2) is 0 Å². The maximum absolute atomic E-state index is 5.42. The van der Waals surface area contributed by atoms with Crippen molar-refractivity contribution in [1.82, 2.24) is 0 Å². The van der Waals surface area contributed by atoms with Gasteiger partial charge in [0.1, 0.15) is 0 Å². The van der Waals surface area contributed by atoms with Crippen LogP contribution in [0.3, 0.4) is 0 Å². The lowest BCUT2D eigenvalue weighted by Crippen LogP contribution is -1.94. The van der Waals surface area contributed by atoms with Gasteiger partial charge in [0.25, 0.3) is 0 Å². The smallest absolute Gasteiger partial charge is 0.0645 e. The van der Waals surface area contributed by atoms with E-state index in [2.05, 4.69) is 26.8 Å². The number of hydrogen-bond acceptors (Lipinski definition) is 1. The minimum atomic E-state index is 0.542. The van der Waals surface area contributed by atoms with Gasteiger partial charge in [-0.3, -0.25) is 0 Å². The van der Waals surface area contributed by atoms with Gasteiger partial charge in [-0.15, -0.1) is 0 Å². The summed E-state index contributed by atoms with van der Waals surface area (Å²) >= 11 is 0. The van der Waals surface area contributed by atoms with E-state index in [1.165, 1.54) is 12.0 Å². The molecule has 2 atom stereocenters. The first kappa shape index (κ1) is 7.80. The Morgan fingerprint density at radius 3 is 2.80 bits per heavy atom. The van der Waals surface area contributed by atoms with Crippen LogP contribution in [0.2, 0.25) is 0 Å². The van der Waals surface area contributed by atoms with Gasteiger partial charge in [0, 0.05) is 12.5 Å². The molecule has 0 aromatic carbocycles. The van der Waals surface area contributed by atoms with Crippen molar-refractivity contribution in [2.75, 3.05) is 6.61 Å². The molecular formula is C9H16O. The normalized spacial score (nSPS) is 29.9. The second kappa shape index (κ2) is 3.20. The maximum Gasteiger partial charge on any atom is 0.0645 e. The lowest BCUT2D eigenvalue weighted by atomic mass is 10.2. The minimum absolute atomic E-state index is 0.542. The van der Waals surface area contributed by atoms with E-state index in [0.717, 1.165) is 12.5 Å². The summed E-state index contributed by atoms with van der Waals surface area (Å²) in [5.74, 6) is 0.727. The molecule has 0 aromatic heterocycles. The van der Waals surface area contributed by atoms with E-state index in [1.807, 2.05) is 0 Å². The molecule has 0 aliphatic heterocycles. The van der Waals surface area contributed by atoms with Crippen molar-refractivity contribution in [3.05, 3.63) is 11.6 Å². The summed E-state index contributed by atoms with van der Waals surface area (Å²) in [7, 11) is 0. The fourth-order valence-corrected chi connectivity index (χ4v) is 1.20. The Morgan fingerprint density at radius 2 is 2.30 bits per heavy atom. The number of hydrogen-bond donors (Lipinski definition) is 0. The molecule has 1 nitrogen and oxygen atoms in total. The van der Waals surface area contributed by atoms with Crippen LogP contribution in [0, 0.1) is 5.92 Å². The molecule has 0 unspecified atom stereocenters. The second-order valence-corrected chi connectivity index (χ2v) is 3.14. The minimum Gasteiger partial charge on any atom is -0.378 e. The first-order chi connectivity index (χ1) is 4.74. The number of allylic oxidation sites excluding steroid dienone is 1. The fraction of sp³-hybridized carbons (Fsp3) is 0.778. The predicted octanol–water partition coefficient (Wildman–Crippen LogP) is 2.38. The van der Waals surface area contributed by atoms with Crippen LogP contribution in [0.5, 0.6) is 0 Å². The summed E-state index contributed by atoms with van der Waals surface area (Å²) in [6, 6.07) is 0. The lowest BCUT2D eigenvalue weighted by Gasteiger charge is -1.95. The van der Waals surface area contributed by atoms with Gasteiger partial charge in [0.2, 0.25) is 0 Å². The van der Waals surface area contributed by atoms with Crippen molar-refractivity contribution in [2.45, 2.75) is 33.3 Å². The fourth-order valence-electron chi connectivity index (χ4n) is 1.20. The molecule has 0 radical (unpaired) electrons. The van der Waals surface area contributed by atoms with Crippen LogP contribution in [-0.4, -0.2) is 12.7 Å². The zero-order valence-electron chi connectivity index (χ0n) is 7.05. The van der Waals surface area contributed by atoms with E-state index in [4.69, 9.17) is 4.74 Å². The highest BCUT2D eigenvalue weighted by atomic mass is 16.5. The molecule has 1 rings (SSSR count). The Kier molecular flexibility index (Phi) is 2.50. The number of ether oxygens (including phenoxy) is 1. The van der Waals surface area contributed by atoms with Gasteiger partial charge in [-0.05, 0) is 27.2 Å². The second-order valence-electron chi connectivity index (χ2n) is 3.14. The van der Waals surface area contributed by atoms with E-state index in [0.29, 0.717) is 6.10 Å². The van der Waals surface area contributed by atoms with Crippen molar-refractivity contribution < 1.29 is 4.74 Å². The van der Waals surface area contributed by atoms with Gasteiger partial charge >= 0.3 is 0 Å². The Balaban J connectivity index is 2.19. The third-order valence-corrected chi connectivity index (χ3v) is 1.71. The maximum atomic E-state index is 5.42. The monoisotopic (exact) mass is 140 g/mol. The van der Waals surface area contributed by atoms with Crippen molar-refractivity contribution in [2.24, 2.45) is 5.92 Å². The highest BCUT2D eigenvalue weighted by Crippen LogP contribution is 2.35. The van der Waals surface area contributed by atoms with Crippen LogP contribution in [0.1, 0.15) is 27.2 Å². The van der Waals surface area contributed by atoms with E-state index < -0.39 is 0 Å². The summed E-state index contributed by atoms with van der Waals surface area (Å²) in [6.45, 7) is 7.19. The molecule has 0 aromatic rings. The Labute approximate surface area is 63.1 Å². The molecule has 10 heavy (non-hydrogen) atoms. The zero-order valence-corrected chi connectivity index (χ0v) is 7.05. The highest BCUT2D eigenvalue weighted by Gasteiger charge is 2.35. The van der Waals surface area contributed by atoms with Crippen LogP contribution < -0.4 is 0 Å². The van der Waals surface area contributed by atoms with E-state index in [1.54, 1.807) is 0 Å². The SMILES string of the molecule is CCO[C@H]1C[C@@H]1C=C(C)C. The molecule has 0 N–H and O–H groups in total. The summed E-state index contributed by atoms with van der Waals surface area (Å²) in [5.41, 5.74) is 1.41. The molecule has 58 valence electrons. The van der Waals surface area contributed by atoms with Crippen molar-refractivity contribution in [3.63, 3.8) is 0 Å². The van der Waals surface area contributed by atoms with Crippen LogP contribution in [0.25, 0.3) is 0 Å². The van der Waals surface area contributed by atoms with Gasteiger partial charge in [-0.2, -0.15) is 0 Å². The van der Waals surface area contributed by atoms with Gasteiger partial charge < -0.3 is 4.74 Å².